The molecule has 1 aromatic carbocycles. The van der Waals surface area contributed by atoms with E-state index in [9.17, 15) is 33.9 Å². The molecule has 410 valence electrons. The van der Waals surface area contributed by atoms with E-state index in [1.807, 2.05) is 13.8 Å². The Morgan fingerprint density at radius 3 is 2.16 bits per heavy atom. The summed E-state index contributed by atoms with van der Waals surface area (Å²) < 4.78 is 10.5. The molecule has 6 amide bonds. The fourth-order valence-electron chi connectivity index (χ4n) is 7.79. The molecule has 4 atom stereocenters. The lowest BCUT2D eigenvalue weighted by molar-refractivity contribution is -0.122. The molecule has 7 aromatic heterocycles. The lowest BCUT2D eigenvalue weighted by atomic mass is 10.0. The SMILES string of the molecule is CNC(=O)C[C@@H]1NC(=O)c2csc(n2)-c2ccc(-c3nc(NC(=O)OCCCO)cs3)nc2-c2csc(n2)-c2csc(n2)[C@H]([C@@H](O)c2ccccc2)NC(=O)CNC(=O)c2nc(sc2COC)[C@H](C(C)C)NC(=O)c2csc1n2. The molecule has 8 N–H and O–H groups in total. The summed E-state index contributed by atoms with van der Waals surface area (Å²) in [5.74, 6) is -2.93. The third-order valence-corrected chi connectivity index (χ3v) is 17.3. The number of nitrogens with one attached hydrogen (secondary N) is 6. The number of hydrogen-bond donors (Lipinski definition) is 8. The number of hydrogen-bond acceptors (Lipinski definition) is 23. The van der Waals surface area contributed by atoms with Crippen molar-refractivity contribution in [1.29, 1.82) is 0 Å². The molecule has 23 nitrogen and oxygen atoms in total. The molecule has 0 aliphatic carbocycles. The first kappa shape index (κ1) is 56.4. The zero-order chi connectivity index (χ0) is 55.7. The maximum absolute atomic E-state index is 14.2. The second-order valence-electron chi connectivity index (χ2n) is 17.6. The number of aliphatic hydroxyl groups is 2. The molecule has 1 aliphatic heterocycles. The lowest BCUT2D eigenvalue weighted by Gasteiger charge is -2.23. The fourth-order valence-corrected chi connectivity index (χ4v) is 13.2. The van der Waals surface area contributed by atoms with Crippen LogP contribution in [0.5, 0.6) is 0 Å². The smallest absolute Gasteiger partial charge is 0.412 e. The van der Waals surface area contributed by atoms with Gasteiger partial charge in [-0.1, -0.05) is 44.2 Å². The predicted molar refractivity (Wildman–Crippen MR) is 299 cm³/mol. The molecule has 1 aliphatic rings. The molecule has 0 saturated heterocycles. The summed E-state index contributed by atoms with van der Waals surface area (Å²) >= 11 is 7.07. The Labute approximate surface area is 474 Å². The maximum Gasteiger partial charge on any atom is 0.412 e. The summed E-state index contributed by atoms with van der Waals surface area (Å²) in [5.41, 5.74) is 2.63. The van der Waals surface area contributed by atoms with Gasteiger partial charge in [-0.25, -0.2) is 39.7 Å². The third-order valence-electron chi connectivity index (χ3n) is 11.7. The summed E-state index contributed by atoms with van der Waals surface area (Å²) in [5, 5.41) is 48.0. The van der Waals surface area contributed by atoms with Gasteiger partial charge in [-0.3, -0.25) is 29.3 Å². The van der Waals surface area contributed by atoms with Crippen LogP contribution in [0.4, 0.5) is 10.6 Å². The second kappa shape index (κ2) is 25.6. The number of thiazole rings is 6. The molecule has 9 rings (SSSR count). The Hall–Kier alpha value is -7.35. The monoisotopic (exact) mass is 1180 g/mol. The van der Waals surface area contributed by atoms with Crippen LogP contribution < -0.4 is 31.9 Å². The van der Waals surface area contributed by atoms with Crippen LogP contribution in [0, 0.1) is 5.92 Å². The largest absolute Gasteiger partial charge is 0.449 e. The van der Waals surface area contributed by atoms with Gasteiger partial charge in [0.25, 0.3) is 17.7 Å². The maximum atomic E-state index is 14.2. The number of methoxy groups -OCH3 is 1. The molecule has 29 heteroatoms. The summed E-state index contributed by atoms with van der Waals surface area (Å²) in [6.45, 7) is 3.13. The van der Waals surface area contributed by atoms with E-state index in [4.69, 9.17) is 34.5 Å². The molecule has 0 radical (unpaired) electrons. The molecule has 0 saturated carbocycles. The van der Waals surface area contributed by atoms with Gasteiger partial charge in [0.1, 0.15) is 82.2 Å². The van der Waals surface area contributed by atoms with Crippen LogP contribution in [0.1, 0.15) is 108 Å². The molecular weight excluding hydrogens is 1140 g/mol. The quantitative estimate of drug-likeness (QED) is 0.0575. The van der Waals surface area contributed by atoms with Gasteiger partial charge in [-0.05, 0) is 23.6 Å². The van der Waals surface area contributed by atoms with E-state index in [0.29, 0.717) is 63.8 Å². The normalized spacial score (nSPS) is 16.5. The molecule has 0 unspecified atom stereocenters. The van der Waals surface area contributed by atoms with Crippen molar-refractivity contribution in [2.24, 2.45) is 5.92 Å². The van der Waals surface area contributed by atoms with Crippen molar-refractivity contribution < 1.29 is 48.5 Å². The highest BCUT2D eigenvalue weighted by atomic mass is 32.1. The molecule has 10 bridgehead atoms. The van der Waals surface area contributed by atoms with E-state index < -0.39 is 66.4 Å². The molecule has 0 spiro atoms. The minimum atomic E-state index is -1.27. The van der Waals surface area contributed by atoms with Gasteiger partial charge in [0, 0.05) is 59.6 Å². The van der Waals surface area contributed by atoms with Crippen LogP contribution in [0.15, 0.2) is 69.4 Å². The summed E-state index contributed by atoms with van der Waals surface area (Å²) in [4.78, 5) is 115. The highest BCUT2D eigenvalue weighted by Crippen LogP contribution is 2.40. The number of carbonyl (C=O) groups is 6. The number of amides is 6. The molecule has 0 fully saturated rings. The van der Waals surface area contributed by atoms with Crippen molar-refractivity contribution in [2.45, 2.75) is 57.5 Å². The number of aromatic nitrogens is 7. The van der Waals surface area contributed by atoms with E-state index in [0.717, 1.165) is 11.3 Å². The van der Waals surface area contributed by atoms with Gasteiger partial charge in [0.15, 0.2) is 0 Å². The van der Waals surface area contributed by atoms with Gasteiger partial charge < -0.3 is 46.3 Å². The Balaban J connectivity index is 1.11. The minimum absolute atomic E-state index is 0.00303. The van der Waals surface area contributed by atoms with Crippen molar-refractivity contribution in [1.82, 2.24) is 61.5 Å². The zero-order valence-electron chi connectivity index (χ0n) is 42.3. The first-order valence-corrected chi connectivity index (χ1v) is 29.4. The van der Waals surface area contributed by atoms with Crippen molar-refractivity contribution in [3.05, 3.63) is 112 Å². The van der Waals surface area contributed by atoms with Gasteiger partial charge in [0.2, 0.25) is 11.8 Å². The number of nitrogens with zero attached hydrogens (tertiary/aromatic N) is 7. The highest BCUT2D eigenvalue weighted by molar-refractivity contribution is 7.15. The number of aliphatic hydroxyl groups excluding tert-OH is 2. The second-order valence-corrected chi connectivity index (χ2v) is 23.1. The van der Waals surface area contributed by atoms with Crippen molar-refractivity contribution >= 4 is 109 Å². The van der Waals surface area contributed by atoms with E-state index in [2.05, 4.69) is 46.9 Å². The van der Waals surface area contributed by atoms with Crippen LogP contribution >= 0.6 is 68.0 Å². The molecule has 79 heavy (non-hydrogen) atoms. The van der Waals surface area contributed by atoms with E-state index in [-0.39, 0.29) is 66.5 Å². The number of rotatable bonds is 12. The number of ether oxygens (including phenoxy) is 2. The van der Waals surface area contributed by atoms with Crippen molar-refractivity contribution in [2.75, 3.05) is 39.2 Å². The Bertz CT molecular complexity index is 3500. The number of carbonyl (C=O) groups excluding carboxylic acids is 6. The van der Waals surface area contributed by atoms with Gasteiger partial charge in [-0.2, -0.15) is 0 Å². The third kappa shape index (κ3) is 13.4. The van der Waals surface area contributed by atoms with E-state index in [1.54, 1.807) is 64.0 Å². The van der Waals surface area contributed by atoms with E-state index in [1.165, 1.54) is 76.2 Å². The van der Waals surface area contributed by atoms with Crippen LogP contribution in [-0.4, -0.2) is 115 Å². The average Bonchev–Trinajstić information content (AvgIpc) is 4.48. The van der Waals surface area contributed by atoms with Gasteiger partial charge >= 0.3 is 6.09 Å². The van der Waals surface area contributed by atoms with E-state index >= 15 is 0 Å². The van der Waals surface area contributed by atoms with Crippen LogP contribution in [0.25, 0.3) is 43.4 Å². The average molecular weight is 1180 g/mol. The molecular formula is C50H49N13O10S6. The fraction of sp³-hybridized carbons (Fsp3) is 0.300. The summed E-state index contributed by atoms with van der Waals surface area (Å²) in [6, 6.07) is 9.47. The molecule has 8 aromatic rings. The summed E-state index contributed by atoms with van der Waals surface area (Å²) in [6.07, 6.45) is -1.95. The van der Waals surface area contributed by atoms with Gasteiger partial charge in [0.05, 0.1) is 48.8 Å². The first-order valence-electron chi connectivity index (χ1n) is 24.2. The Kier molecular flexibility index (Phi) is 18.3. The minimum Gasteiger partial charge on any atom is -0.449 e. The Morgan fingerprint density at radius 1 is 0.709 bits per heavy atom. The number of anilines is 1. The highest BCUT2D eigenvalue weighted by Gasteiger charge is 2.32. The number of fused-ring (bicyclic) bond motifs is 14. The first-order chi connectivity index (χ1) is 38.2. The Morgan fingerprint density at radius 2 is 1.39 bits per heavy atom. The zero-order valence-corrected chi connectivity index (χ0v) is 47.2. The van der Waals surface area contributed by atoms with Gasteiger partial charge in [-0.15, -0.1) is 68.0 Å². The number of benzene rings is 1. The standard InChI is InChI=1S/C50H49N13O10S6/c1-23(2)36-49-63-38(32(79-49)17-72-4)43(70)52-16-35(66)61-39(40(67)24-9-6-5-7-10-24)48-58-31(21-77-48)47-55-28(18-75-47)37-25(11-12-26(53-37)45-59-33(22-78-45)60-50(71)73-14-8-13-64)44-56-29(19-74-44)41(68)54-27(15-34(65)51-3)46-57-30(20-76-46)42(69)62-36/h5-7,9-12,18-23,27,36,39-40,64,67H,8,13-17H2,1-4H3,(H,51,65)(H,52,70)(H,54,68)(H,60,71)(H,61,66)(H,62,69)/t27-,36-,39-,40-/m0/s1. The lowest BCUT2D eigenvalue weighted by Crippen LogP contribution is -2.40. The van der Waals surface area contributed by atoms with Crippen LogP contribution in [-0.2, 0) is 25.7 Å². The van der Waals surface area contributed by atoms with Crippen LogP contribution in [0.3, 0.4) is 0 Å². The predicted octanol–water partition coefficient (Wildman–Crippen LogP) is 6.93. The van der Waals surface area contributed by atoms with Crippen LogP contribution in [0.2, 0.25) is 0 Å². The van der Waals surface area contributed by atoms with Crippen molar-refractivity contribution in [3.63, 3.8) is 0 Å². The molecule has 8 heterocycles. The van der Waals surface area contributed by atoms with Crippen molar-refractivity contribution in [3.8, 4) is 43.4 Å². The summed E-state index contributed by atoms with van der Waals surface area (Å²) in [7, 11) is 2.93. The number of pyridine rings is 1. The topological polar surface area (TPSA) is 324 Å².